The Labute approximate surface area is 179 Å². The Morgan fingerprint density at radius 1 is 1.13 bits per heavy atom. The number of carbonyl (C=O) groups excluding carboxylic acids is 2. The Morgan fingerprint density at radius 2 is 1.93 bits per heavy atom. The molecule has 0 atom stereocenters. The number of piperidine rings is 1. The van der Waals surface area contributed by atoms with Crippen LogP contribution in [-0.4, -0.2) is 42.7 Å². The highest BCUT2D eigenvalue weighted by atomic mass is 32.2. The number of anilines is 2. The van der Waals surface area contributed by atoms with Gasteiger partial charge < -0.3 is 20.0 Å². The van der Waals surface area contributed by atoms with Gasteiger partial charge in [0, 0.05) is 30.2 Å². The molecule has 0 spiro atoms. The van der Waals surface area contributed by atoms with Crippen molar-refractivity contribution in [2.75, 3.05) is 36.1 Å². The molecule has 156 valence electrons. The average molecular weight is 425 g/mol. The molecule has 4 rings (SSSR count). The first-order valence-electron chi connectivity index (χ1n) is 9.96. The fourth-order valence-corrected chi connectivity index (χ4v) is 3.99. The molecule has 8 heteroatoms. The van der Waals surface area contributed by atoms with E-state index in [1.807, 2.05) is 48.7 Å². The van der Waals surface area contributed by atoms with Gasteiger partial charge in [-0.15, -0.1) is 11.8 Å². The van der Waals surface area contributed by atoms with Crippen molar-refractivity contribution in [3.8, 4) is 0 Å². The monoisotopic (exact) mass is 424 g/mol. The molecule has 2 aromatic carbocycles. The summed E-state index contributed by atoms with van der Waals surface area (Å²) in [5.41, 5.74) is 2.26. The number of rotatable bonds is 5. The van der Waals surface area contributed by atoms with Gasteiger partial charge in [-0.05, 0) is 55.3 Å². The van der Waals surface area contributed by atoms with Gasteiger partial charge in [-0.2, -0.15) is 4.98 Å². The molecule has 1 aromatic heterocycles. The lowest BCUT2D eigenvalue weighted by Crippen LogP contribution is -2.41. The summed E-state index contributed by atoms with van der Waals surface area (Å²) in [6, 6.07) is 15.8. The number of thioether (sulfide) groups is 1. The summed E-state index contributed by atoms with van der Waals surface area (Å²) in [6.07, 6.45) is 3.76. The molecule has 0 radical (unpaired) electrons. The van der Waals surface area contributed by atoms with E-state index in [0.717, 1.165) is 41.9 Å². The Balaban J connectivity index is 1.24. The molecule has 1 aliphatic heterocycles. The number of nitrogens with one attached hydrogen (secondary N) is 2. The Hall–Kier alpha value is -3.00. The van der Waals surface area contributed by atoms with E-state index in [1.54, 1.807) is 17.8 Å². The summed E-state index contributed by atoms with van der Waals surface area (Å²) in [7, 11) is 0. The van der Waals surface area contributed by atoms with Gasteiger partial charge >= 0.3 is 11.8 Å². The fraction of sp³-hybridized carbons (Fsp3) is 0.318. The smallest absolute Gasteiger partial charge is 0.313 e. The van der Waals surface area contributed by atoms with Crippen LogP contribution in [0.4, 0.5) is 11.7 Å². The number of oxazole rings is 1. The van der Waals surface area contributed by atoms with E-state index in [1.165, 1.54) is 0 Å². The van der Waals surface area contributed by atoms with E-state index in [9.17, 15) is 9.59 Å². The summed E-state index contributed by atoms with van der Waals surface area (Å²) in [4.78, 5) is 32.0. The van der Waals surface area contributed by atoms with Crippen LogP contribution >= 0.6 is 11.8 Å². The van der Waals surface area contributed by atoms with Crippen molar-refractivity contribution in [2.24, 2.45) is 5.92 Å². The maximum Gasteiger partial charge on any atom is 0.313 e. The fourth-order valence-electron chi connectivity index (χ4n) is 3.53. The van der Waals surface area contributed by atoms with Crippen LogP contribution in [0.2, 0.25) is 0 Å². The number of aromatic nitrogens is 1. The number of hydrogen-bond acceptors (Lipinski definition) is 6. The van der Waals surface area contributed by atoms with Gasteiger partial charge in [0.25, 0.3) is 6.01 Å². The normalized spacial score (nSPS) is 14.6. The molecule has 1 fully saturated rings. The van der Waals surface area contributed by atoms with Gasteiger partial charge in [0.15, 0.2) is 5.58 Å². The second kappa shape index (κ2) is 9.21. The zero-order chi connectivity index (χ0) is 20.9. The van der Waals surface area contributed by atoms with E-state index in [0.29, 0.717) is 24.2 Å². The molecule has 0 unspecified atom stereocenters. The van der Waals surface area contributed by atoms with Crippen LogP contribution in [0, 0.1) is 5.92 Å². The van der Waals surface area contributed by atoms with Gasteiger partial charge in [0.05, 0.1) is 0 Å². The minimum atomic E-state index is -0.642. The van der Waals surface area contributed by atoms with Crippen molar-refractivity contribution >= 4 is 46.4 Å². The van der Waals surface area contributed by atoms with Crippen molar-refractivity contribution in [1.29, 1.82) is 0 Å². The molecular weight excluding hydrogens is 400 g/mol. The zero-order valence-electron chi connectivity index (χ0n) is 16.8. The number of amides is 2. The zero-order valence-corrected chi connectivity index (χ0v) is 17.6. The Bertz CT molecular complexity index is 1010. The molecule has 1 saturated heterocycles. The van der Waals surface area contributed by atoms with Crippen molar-refractivity contribution < 1.29 is 14.0 Å². The standard InChI is InChI=1S/C22H24N4O3S/c1-30-17-6-4-5-16(13-17)24-21(28)20(27)23-14-15-9-11-26(12-10-15)22-25-18-7-2-3-8-19(18)29-22/h2-8,13,15H,9-12,14H2,1H3,(H,23,27)(H,24,28). The molecular formula is C22H24N4O3S. The summed E-state index contributed by atoms with van der Waals surface area (Å²) in [5, 5.41) is 5.42. The van der Waals surface area contributed by atoms with Crippen molar-refractivity contribution in [3.05, 3.63) is 48.5 Å². The van der Waals surface area contributed by atoms with Crippen LogP contribution in [0.25, 0.3) is 11.1 Å². The highest BCUT2D eigenvalue weighted by molar-refractivity contribution is 7.98. The predicted molar refractivity (Wildman–Crippen MR) is 119 cm³/mol. The minimum absolute atomic E-state index is 0.321. The summed E-state index contributed by atoms with van der Waals surface area (Å²) < 4.78 is 5.84. The third-order valence-corrected chi connectivity index (χ3v) is 5.98. The Morgan fingerprint density at radius 3 is 2.70 bits per heavy atom. The van der Waals surface area contributed by atoms with Crippen LogP contribution < -0.4 is 15.5 Å². The van der Waals surface area contributed by atoms with E-state index in [4.69, 9.17) is 4.42 Å². The van der Waals surface area contributed by atoms with Gasteiger partial charge in [-0.1, -0.05) is 18.2 Å². The highest BCUT2D eigenvalue weighted by Crippen LogP contribution is 2.26. The van der Waals surface area contributed by atoms with E-state index < -0.39 is 11.8 Å². The van der Waals surface area contributed by atoms with Crippen molar-refractivity contribution in [2.45, 2.75) is 17.7 Å². The lowest BCUT2D eigenvalue weighted by molar-refractivity contribution is -0.136. The van der Waals surface area contributed by atoms with Crippen LogP contribution in [0.3, 0.4) is 0 Å². The maximum atomic E-state index is 12.2. The van der Waals surface area contributed by atoms with Crippen molar-refractivity contribution in [3.63, 3.8) is 0 Å². The number of hydrogen-bond donors (Lipinski definition) is 2. The van der Waals surface area contributed by atoms with Gasteiger partial charge in [0.1, 0.15) is 5.52 Å². The van der Waals surface area contributed by atoms with Crippen LogP contribution in [-0.2, 0) is 9.59 Å². The van der Waals surface area contributed by atoms with Gasteiger partial charge in [-0.3, -0.25) is 9.59 Å². The molecule has 7 nitrogen and oxygen atoms in total. The number of benzene rings is 2. The first-order chi connectivity index (χ1) is 14.6. The van der Waals surface area contributed by atoms with E-state index in [-0.39, 0.29) is 0 Å². The minimum Gasteiger partial charge on any atom is -0.423 e. The molecule has 30 heavy (non-hydrogen) atoms. The van der Waals surface area contributed by atoms with Gasteiger partial charge in [-0.25, -0.2) is 0 Å². The summed E-state index contributed by atoms with van der Waals surface area (Å²) in [6.45, 7) is 2.10. The lowest BCUT2D eigenvalue weighted by Gasteiger charge is -2.30. The number of fused-ring (bicyclic) bond motifs is 1. The Kier molecular flexibility index (Phi) is 6.23. The molecule has 0 saturated carbocycles. The van der Waals surface area contributed by atoms with Gasteiger partial charge in [0.2, 0.25) is 0 Å². The molecule has 2 amide bonds. The highest BCUT2D eigenvalue weighted by Gasteiger charge is 2.24. The summed E-state index contributed by atoms with van der Waals surface area (Å²) in [5.74, 6) is -0.926. The second-order valence-electron chi connectivity index (χ2n) is 7.29. The lowest BCUT2D eigenvalue weighted by atomic mass is 9.97. The molecule has 2 heterocycles. The third-order valence-electron chi connectivity index (χ3n) is 5.25. The second-order valence-corrected chi connectivity index (χ2v) is 8.17. The first-order valence-corrected chi connectivity index (χ1v) is 11.2. The van der Waals surface area contributed by atoms with E-state index >= 15 is 0 Å². The van der Waals surface area contributed by atoms with Crippen LogP contribution in [0.1, 0.15) is 12.8 Å². The first kappa shape index (κ1) is 20.3. The summed E-state index contributed by atoms with van der Waals surface area (Å²) >= 11 is 1.58. The van der Waals surface area contributed by atoms with Crippen LogP contribution in [0.5, 0.6) is 0 Å². The molecule has 1 aliphatic rings. The number of carbonyl (C=O) groups is 2. The van der Waals surface area contributed by atoms with Crippen LogP contribution in [0.15, 0.2) is 57.8 Å². The maximum absolute atomic E-state index is 12.2. The average Bonchev–Trinajstić information content (AvgIpc) is 3.22. The molecule has 2 N–H and O–H groups in total. The topological polar surface area (TPSA) is 87.5 Å². The number of nitrogens with zero attached hydrogens (tertiary/aromatic N) is 2. The largest absolute Gasteiger partial charge is 0.423 e. The third kappa shape index (κ3) is 4.76. The molecule has 3 aromatic rings. The quantitative estimate of drug-likeness (QED) is 0.481. The van der Waals surface area contributed by atoms with Crippen molar-refractivity contribution in [1.82, 2.24) is 10.3 Å². The van der Waals surface area contributed by atoms with E-state index in [2.05, 4.69) is 20.5 Å². The number of para-hydroxylation sites is 2. The molecule has 0 aliphatic carbocycles. The SMILES string of the molecule is CSc1cccc(NC(=O)C(=O)NCC2CCN(c3nc4ccccc4o3)CC2)c1. The predicted octanol–water partition coefficient (Wildman–Crippen LogP) is 3.52. The molecule has 0 bridgehead atoms.